The molecule has 11 heteroatoms. The second-order valence-electron chi connectivity index (χ2n) is 10.8. The Balaban J connectivity index is 1.36. The van der Waals surface area contributed by atoms with E-state index in [0.29, 0.717) is 47.9 Å². The number of anilines is 1. The lowest BCUT2D eigenvalue weighted by Crippen LogP contribution is -2.56. The second-order valence-corrected chi connectivity index (χ2v) is 10.8. The summed E-state index contributed by atoms with van der Waals surface area (Å²) in [6.07, 6.45) is 4.68. The van der Waals surface area contributed by atoms with Gasteiger partial charge in [-0.15, -0.1) is 0 Å². The first-order chi connectivity index (χ1) is 19.2. The van der Waals surface area contributed by atoms with Gasteiger partial charge in [0.2, 0.25) is 0 Å². The molecule has 0 bridgehead atoms. The first kappa shape index (κ1) is 26.2. The Bertz CT molecular complexity index is 1540. The van der Waals surface area contributed by atoms with Crippen molar-refractivity contribution >= 4 is 22.7 Å². The van der Waals surface area contributed by atoms with E-state index in [2.05, 4.69) is 10.1 Å². The molecule has 2 aromatic heterocycles. The predicted molar refractivity (Wildman–Crippen MR) is 142 cm³/mol. The number of aryl methyl sites for hydroxylation is 1. The normalized spacial score (nSPS) is 20.4. The number of halogens is 3. The van der Waals surface area contributed by atoms with Crippen molar-refractivity contribution in [2.24, 2.45) is 13.0 Å². The van der Waals surface area contributed by atoms with Gasteiger partial charge in [-0.1, -0.05) is 25.0 Å². The Labute approximate surface area is 229 Å². The summed E-state index contributed by atoms with van der Waals surface area (Å²) in [5.74, 6) is -4.21. The minimum Gasteiger partial charge on any atom is -0.487 e. The van der Waals surface area contributed by atoms with Crippen molar-refractivity contribution in [3.8, 4) is 5.75 Å². The fourth-order valence-corrected chi connectivity index (χ4v) is 5.83. The molecule has 2 atom stereocenters. The highest BCUT2D eigenvalue weighted by molar-refractivity contribution is 5.79. The molecule has 0 amide bonds. The van der Waals surface area contributed by atoms with Gasteiger partial charge >= 0.3 is 5.97 Å². The van der Waals surface area contributed by atoms with Crippen molar-refractivity contribution in [2.45, 2.75) is 50.7 Å². The quantitative estimate of drug-likeness (QED) is 0.317. The molecule has 2 aromatic carbocycles. The molecule has 8 nitrogen and oxygen atoms in total. The molecular weight excluding hydrogens is 523 g/mol. The van der Waals surface area contributed by atoms with Crippen molar-refractivity contribution in [1.82, 2.24) is 19.3 Å². The molecule has 1 saturated heterocycles. The summed E-state index contributed by atoms with van der Waals surface area (Å²) < 4.78 is 51.5. The number of ether oxygens (including phenoxy) is 1. The largest absolute Gasteiger partial charge is 0.487 e. The molecule has 210 valence electrons. The molecule has 1 aliphatic carbocycles. The number of carbonyl (C=O) groups is 1. The number of carboxylic acids is 1. The maximum Gasteiger partial charge on any atom is 0.307 e. The van der Waals surface area contributed by atoms with E-state index in [9.17, 15) is 18.7 Å². The zero-order valence-electron chi connectivity index (χ0n) is 22.1. The van der Waals surface area contributed by atoms with Gasteiger partial charge in [0.25, 0.3) is 5.92 Å². The van der Waals surface area contributed by atoms with E-state index in [4.69, 9.17) is 4.74 Å². The number of imidazole rings is 1. The third kappa shape index (κ3) is 5.12. The first-order valence-electron chi connectivity index (χ1n) is 13.4. The predicted octanol–water partition coefficient (Wildman–Crippen LogP) is 5.35. The minimum absolute atomic E-state index is 0.160. The average Bonchev–Trinajstić information content (AvgIpc) is 3.50. The van der Waals surface area contributed by atoms with Gasteiger partial charge < -0.3 is 19.3 Å². The van der Waals surface area contributed by atoms with Crippen LogP contribution < -0.4 is 9.64 Å². The van der Waals surface area contributed by atoms with Crippen LogP contribution in [0.2, 0.25) is 0 Å². The van der Waals surface area contributed by atoms with Crippen LogP contribution in [-0.4, -0.2) is 49.4 Å². The standard InChI is InChI=1S/C29H30F3N5O3/c1-35-11-10-19(34-35)15-40-21-12-24(30)26-25(13-21)37(27(33-26)22-4-2-3-5-23(22)28(38)39)14-18-6-8-20(9-7-18)36-16-29(31,32)17-36/h6-13,22-23H,2-5,14-17H2,1H3,(H,38,39). The van der Waals surface area contributed by atoms with E-state index in [1.54, 1.807) is 41.0 Å². The molecule has 6 rings (SSSR count). The van der Waals surface area contributed by atoms with Crippen molar-refractivity contribution in [3.63, 3.8) is 0 Å². The number of hydrogen-bond donors (Lipinski definition) is 1. The van der Waals surface area contributed by atoms with E-state index >= 15 is 4.39 Å². The van der Waals surface area contributed by atoms with E-state index < -0.39 is 23.6 Å². The maximum atomic E-state index is 15.4. The Morgan fingerprint density at radius 2 is 1.88 bits per heavy atom. The fourth-order valence-electron chi connectivity index (χ4n) is 5.83. The zero-order chi connectivity index (χ0) is 28.0. The van der Waals surface area contributed by atoms with Crippen LogP contribution >= 0.6 is 0 Å². The van der Waals surface area contributed by atoms with Crippen LogP contribution in [0.1, 0.15) is 48.7 Å². The van der Waals surface area contributed by atoms with Crippen LogP contribution in [0.15, 0.2) is 48.7 Å². The summed E-state index contributed by atoms with van der Waals surface area (Å²) in [6, 6.07) is 12.1. The number of aliphatic carboxylic acids is 1. The van der Waals surface area contributed by atoms with Gasteiger partial charge in [0.15, 0.2) is 5.82 Å². The zero-order valence-corrected chi connectivity index (χ0v) is 22.1. The SMILES string of the molecule is Cn1ccc(COc2cc(F)c3nc(C4CCCCC4C(=O)O)n(Cc4ccc(N5CC(F)(F)C5)cc4)c3c2)n1. The highest BCUT2D eigenvalue weighted by atomic mass is 19.3. The van der Waals surface area contributed by atoms with Gasteiger partial charge in [-0.2, -0.15) is 5.10 Å². The number of benzene rings is 2. The third-order valence-corrected chi connectivity index (χ3v) is 7.87. The van der Waals surface area contributed by atoms with Gasteiger partial charge in [-0.3, -0.25) is 9.48 Å². The molecule has 4 aromatic rings. The molecule has 0 radical (unpaired) electrons. The highest BCUT2D eigenvalue weighted by Crippen LogP contribution is 2.40. The molecular formula is C29H30F3N5O3. The van der Waals surface area contributed by atoms with Gasteiger partial charge in [0.1, 0.15) is 23.7 Å². The maximum absolute atomic E-state index is 15.4. The van der Waals surface area contributed by atoms with Gasteiger partial charge in [-0.05, 0) is 36.6 Å². The Kier molecular flexibility index (Phi) is 6.67. The number of fused-ring (bicyclic) bond motifs is 1. The first-order valence-corrected chi connectivity index (χ1v) is 13.4. The fraction of sp³-hybridized carbons (Fsp3) is 0.414. The van der Waals surface area contributed by atoms with Gasteiger partial charge in [0, 0.05) is 43.5 Å². The summed E-state index contributed by atoms with van der Waals surface area (Å²) in [5.41, 5.74) is 2.93. The summed E-state index contributed by atoms with van der Waals surface area (Å²) in [5, 5.41) is 14.2. The number of hydrogen-bond acceptors (Lipinski definition) is 5. The van der Waals surface area contributed by atoms with Crippen LogP contribution in [0.25, 0.3) is 11.0 Å². The number of rotatable bonds is 8. The summed E-state index contributed by atoms with van der Waals surface area (Å²) in [6.45, 7) is -0.134. The molecule has 1 aliphatic heterocycles. The molecule has 2 unspecified atom stereocenters. The van der Waals surface area contributed by atoms with Crippen LogP contribution in [0, 0.1) is 11.7 Å². The van der Waals surface area contributed by atoms with Crippen molar-refractivity contribution < 1.29 is 27.8 Å². The number of nitrogens with zero attached hydrogens (tertiary/aromatic N) is 5. The summed E-state index contributed by atoms with van der Waals surface area (Å²) >= 11 is 0. The van der Waals surface area contributed by atoms with Gasteiger partial charge in [-0.25, -0.2) is 18.2 Å². The highest BCUT2D eigenvalue weighted by Gasteiger charge is 2.43. The molecule has 0 spiro atoms. The minimum atomic E-state index is -2.66. The van der Waals surface area contributed by atoms with Crippen LogP contribution in [0.3, 0.4) is 0 Å². The molecule has 1 saturated carbocycles. The topological polar surface area (TPSA) is 85.4 Å². The van der Waals surface area contributed by atoms with E-state index in [1.165, 1.54) is 6.07 Å². The third-order valence-electron chi connectivity index (χ3n) is 7.87. The monoisotopic (exact) mass is 553 g/mol. The smallest absolute Gasteiger partial charge is 0.307 e. The molecule has 2 aliphatic rings. The van der Waals surface area contributed by atoms with E-state index in [1.807, 2.05) is 22.8 Å². The van der Waals surface area contributed by atoms with Crippen LogP contribution in [0.4, 0.5) is 18.9 Å². The Morgan fingerprint density at radius 3 is 2.55 bits per heavy atom. The lowest BCUT2D eigenvalue weighted by molar-refractivity contribution is -0.143. The summed E-state index contributed by atoms with van der Waals surface area (Å²) in [7, 11) is 1.80. The average molecular weight is 554 g/mol. The lowest BCUT2D eigenvalue weighted by atomic mass is 9.78. The Morgan fingerprint density at radius 1 is 1.12 bits per heavy atom. The van der Waals surface area contributed by atoms with Crippen molar-refractivity contribution in [1.29, 1.82) is 0 Å². The molecule has 40 heavy (non-hydrogen) atoms. The van der Waals surface area contributed by atoms with Crippen LogP contribution in [-0.2, 0) is 25.0 Å². The van der Waals surface area contributed by atoms with Crippen molar-refractivity contribution in [2.75, 3.05) is 18.0 Å². The summed E-state index contributed by atoms with van der Waals surface area (Å²) in [4.78, 5) is 18.4. The van der Waals surface area contributed by atoms with Gasteiger partial charge in [0.05, 0.1) is 30.2 Å². The van der Waals surface area contributed by atoms with Crippen molar-refractivity contribution in [3.05, 3.63) is 71.6 Å². The number of alkyl halides is 2. The molecule has 2 fully saturated rings. The lowest BCUT2D eigenvalue weighted by Gasteiger charge is -2.40. The molecule has 1 N–H and O–H groups in total. The van der Waals surface area contributed by atoms with E-state index in [-0.39, 0.29) is 31.1 Å². The van der Waals surface area contributed by atoms with E-state index in [0.717, 1.165) is 18.4 Å². The molecule has 3 heterocycles. The van der Waals surface area contributed by atoms with Crippen LogP contribution in [0.5, 0.6) is 5.75 Å². The Hall–Kier alpha value is -4.02. The second kappa shape index (κ2) is 10.2. The number of aromatic nitrogens is 4. The number of carboxylic acid groups (broad SMARTS) is 1.